The molecule has 0 saturated heterocycles. The van der Waals surface area contributed by atoms with Crippen molar-refractivity contribution in [2.75, 3.05) is 0 Å². The first-order valence-corrected chi connectivity index (χ1v) is 4.64. The van der Waals surface area contributed by atoms with Crippen molar-refractivity contribution in [2.45, 2.75) is 12.8 Å². The minimum Gasteiger partial charge on any atom is -0.294 e. The summed E-state index contributed by atoms with van der Waals surface area (Å²) in [6.45, 7) is 0. The fourth-order valence-corrected chi connectivity index (χ4v) is 1.67. The van der Waals surface area contributed by atoms with Gasteiger partial charge in [0, 0.05) is 17.0 Å². The van der Waals surface area contributed by atoms with Gasteiger partial charge in [0.2, 0.25) is 0 Å². The van der Waals surface area contributed by atoms with Crippen LogP contribution in [0.5, 0.6) is 0 Å². The Morgan fingerprint density at radius 2 is 2.15 bits per heavy atom. The van der Waals surface area contributed by atoms with Crippen LogP contribution in [-0.2, 0) is 0 Å². The average molecular weight is 193 g/mol. The summed E-state index contributed by atoms with van der Waals surface area (Å²) >= 11 is 5.83. The third-order valence-electron chi connectivity index (χ3n) is 2.15. The lowest BCUT2D eigenvalue weighted by Gasteiger charge is -2.01. The Morgan fingerprint density at radius 1 is 1.31 bits per heavy atom. The number of carbonyl (C=O) groups excluding carboxylic acids is 1. The zero-order valence-corrected chi connectivity index (χ0v) is 7.84. The topological polar surface area (TPSA) is 17.1 Å². The second-order valence-electron chi connectivity index (χ2n) is 3.10. The highest BCUT2D eigenvalue weighted by Crippen LogP contribution is 2.22. The summed E-state index contributed by atoms with van der Waals surface area (Å²) < 4.78 is 0. The number of ketones is 1. The molecule has 0 amide bonds. The summed E-state index contributed by atoms with van der Waals surface area (Å²) in [5, 5.41) is 0.679. The Hall–Kier alpha value is -1.08. The van der Waals surface area contributed by atoms with E-state index in [1.54, 1.807) is 12.1 Å². The fraction of sp³-hybridized carbons (Fsp3) is 0.182. The molecule has 0 bridgehead atoms. The van der Waals surface area contributed by atoms with Crippen molar-refractivity contribution in [1.29, 1.82) is 0 Å². The molecule has 0 saturated carbocycles. The highest BCUT2D eigenvalue weighted by atomic mass is 35.5. The minimum absolute atomic E-state index is 0.205. The molecule has 1 nitrogen and oxygen atoms in total. The standard InChI is InChI=1S/C11H9ClO/c12-9-5-6-10-8(7-9)3-1-2-4-11(10)13/h1,3,5-7H,2,4H2. The number of allylic oxidation sites excluding steroid dienone is 1. The van der Waals surface area contributed by atoms with Gasteiger partial charge in [-0.1, -0.05) is 23.8 Å². The first-order chi connectivity index (χ1) is 6.27. The van der Waals surface area contributed by atoms with Gasteiger partial charge in [-0.2, -0.15) is 0 Å². The van der Waals surface area contributed by atoms with Crippen LogP contribution in [0.25, 0.3) is 6.08 Å². The summed E-state index contributed by atoms with van der Waals surface area (Å²) in [6.07, 6.45) is 5.41. The van der Waals surface area contributed by atoms with Gasteiger partial charge in [-0.05, 0) is 30.2 Å². The number of hydrogen-bond donors (Lipinski definition) is 0. The van der Waals surface area contributed by atoms with Crippen molar-refractivity contribution in [3.05, 3.63) is 40.4 Å². The molecule has 2 rings (SSSR count). The summed E-state index contributed by atoms with van der Waals surface area (Å²) in [7, 11) is 0. The van der Waals surface area contributed by atoms with Crippen molar-refractivity contribution in [3.8, 4) is 0 Å². The molecule has 1 aliphatic rings. The van der Waals surface area contributed by atoms with Gasteiger partial charge in [-0.15, -0.1) is 0 Å². The van der Waals surface area contributed by atoms with E-state index in [-0.39, 0.29) is 5.78 Å². The van der Waals surface area contributed by atoms with Crippen LogP contribution in [-0.4, -0.2) is 5.78 Å². The molecule has 0 spiro atoms. The smallest absolute Gasteiger partial charge is 0.163 e. The maximum absolute atomic E-state index is 11.5. The highest BCUT2D eigenvalue weighted by Gasteiger charge is 2.11. The van der Waals surface area contributed by atoms with Gasteiger partial charge in [0.25, 0.3) is 0 Å². The molecule has 0 aromatic heterocycles. The Bertz CT molecular complexity index is 380. The van der Waals surface area contributed by atoms with Crippen molar-refractivity contribution in [2.24, 2.45) is 0 Å². The van der Waals surface area contributed by atoms with Crippen LogP contribution < -0.4 is 0 Å². The number of rotatable bonds is 0. The zero-order valence-electron chi connectivity index (χ0n) is 7.09. The Labute approximate surface area is 82.0 Å². The van der Waals surface area contributed by atoms with Crippen molar-refractivity contribution >= 4 is 23.5 Å². The molecule has 0 radical (unpaired) electrons. The largest absolute Gasteiger partial charge is 0.294 e. The number of carbonyl (C=O) groups is 1. The number of Topliss-reactive ketones (excluding diaryl/α,β-unsaturated/α-hetero) is 1. The molecule has 13 heavy (non-hydrogen) atoms. The molecule has 0 fully saturated rings. The monoisotopic (exact) mass is 192 g/mol. The number of benzene rings is 1. The third kappa shape index (κ3) is 1.65. The van der Waals surface area contributed by atoms with Crippen LogP contribution in [0.1, 0.15) is 28.8 Å². The minimum atomic E-state index is 0.205. The van der Waals surface area contributed by atoms with Crippen LogP contribution in [0.2, 0.25) is 5.02 Å². The Balaban J connectivity index is 2.57. The van der Waals surface area contributed by atoms with Gasteiger partial charge < -0.3 is 0 Å². The summed E-state index contributed by atoms with van der Waals surface area (Å²) in [4.78, 5) is 11.5. The quantitative estimate of drug-likeness (QED) is 0.616. The third-order valence-corrected chi connectivity index (χ3v) is 2.38. The number of fused-ring (bicyclic) bond motifs is 1. The van der Waals surface area contributed by atoms with Crippen molar-refractivity contribution < 1.29 is 4.79 Å². The van der Waals surface area contributed by atoms with E-state index in [1.807, 2.05) is 18.2 Å². The van der Waals surface area contributed by atoms with E-state index < -0.39 is 0 Å². The Kier molecular flexibility index (Phi) is 2.19. The second kappa shape index (κ2) is 3.35. The van der Waals surface area contributed by atoms with Crippen LogP contribution in [0.15, 0.2) is 24.3 Å². The van der Waals surface area contributed by atoms with Gasteiger partial charge in [0.15, 0.2) is 5.78 Å². The first kappa shape index (κ1) is 8.52. The van der Waals surface area contributed by atoms with Gasteiger partial charge in [0.05, 0.1) is 0 Å². The lowest BCUT2D eigenvalue weighted by atomic mass is 10.0. The lowest BCUT2D eigenvalue weighted by molar-refractivity contribution is 0.0984. The van der Waals surface area contributed by atoms with Gasteiger partial charge in [-0.3, -0.25) is 4.79 Å². The summed E-state index contributed by atoms with van der Waals surface area (Å²) in [5.74, 6) is 0.205. The Morgan fingerprint density at radius 3 is 3.00 bits per heavy atom. The van der Waals surface area contributed by atoms with Gasteiger partial charge >= 0.3 is 0 Å². The maximum Gasteiger partial charge on any atom is 0.163 e. The second-order valence-corrected chi connectivity index (χ2v) is 3.53. The highest BCUT2D eigenvalue weighted by molar-refractivity contribution is 6.30. The lowest BCUT2D eigenvalue weighted by Crippen LogP contribution is -1.98. The SMILES string of the molecule is O=C1CCC=Cc2cc(Cl)ccc21. The van der Waals surface area contributed by atoms with Crippen LogP contribution in [0.4, 0.5) is 0 Å². The van der Waals surface area contributed by atoms with E-state index >= 15 is 0 Å². The molecular formula is C11H9ClO. The maximum atomic E-state index is 11.5. The van der Waals surface area contributed by atoms with E-state index in [9.17, 15) is 4.79 Å². The predicted octanol–water partition coefficient (Wildman–Crippen LogP) is 3.33. The molecule has 1 aromatic rings. The molecule has 0 unspecified atom stereocenters. The van der Waals surface area contributed by atoms with Gasteiger partial charge in [0.1, 0.15) is 0 Å². The first-order valence-electron chi connectivity index (χ1n) is 4.26. The summed E-state index contributed by atoms with van der Waals surface area (Å²) in [6, 6.07) is 5.39. The molecule has 0 heterocycles. The molecular weight excluding hydrogens is 184 g/mol. The van der Waals surface area contributed by atoms with E-state index in [0.29, 0.717) is 11.4 Å². The molecule has 66 valence electrons. The number of hydrogen-bond acceptors (Lipinski definition) is 1. The molecule has 2 heteroatoms. The van der Waals surface area contributed by atoms with E-state index in [0.717, 1.165) is 17.5 Å². The average Bonchev–Trinajstić information content (AvgIpc) is 2.28. The van der Waals surface area contributed by atoms with E-state index in [1.165, 1.54) is 0 Å². The van der Waals surface area contributed by atoms with Crippen LogP contribution in [0, 0.1) is 0 Å². The predicted molar refractivity (Wildman–Crippen MR) is 54.1 cm³/mol. The molecule has 0 aliphatic heterocycles. The van der Waals surface area contributed by atoms with Gasteiger partial charge in [-0.25, -0.2) is 0 Å². The zero-order chi connectivity index (χ0) is 9.26. The molecule has 1 aliphatic carbocycles. The van der Waals surface area contributed by atoms with E-state index in [4.69, 9.17) is 11.6 Å². The van der Waals surface area contributed by atoms with Crippen LogP contribution >= 0.6 is 11.6 Å². The molecule has 0 atom stereocenters. The van der Waals surface area contributed by atoms with Crippen molar-refractivity contribution in [3.63, 3.8) is 0 Å². The molecule has 0 N–H and O–H groups in total. The summed E-state index contributed by atoms with van der Waals surface area (Å²) in [5.41, 5.74) is 1.73. The van der Waals surface area contributed by atoms with Crippen molar-refractivity contribution in [1.82, 2.24) is 0 Å². The van der Waals surface area contributed by atoms with E-state index in [2.05, 4.69) is 0 Å². The number of halogens is 1. The fourth-order valence-electron chi connectivity index (χ4n) is 1.48. The molecule has 1 aromatic carbocycles. The van der Waals surface area contributed by atoms with Crippen LogP contribution in [0.3, 0.4) is 0 Å². The normalized spacial score (nSPS) is 15.3.